The van der Waals surface area contributed by atoms with Crippen molar-refractivity contribution in [1.29, 1.82) is 0 Å². The van der Waals surface area contributed by atoms with E-state index in [0.29, 0.717) is 17.5 Å². The van der Waals surface area contributed by atoms with Crippen LogP contribution < -0.4 is 10.5 Å². The first kappa shape index (κ1) is 13.1. The van der Waals surface area contributed by atoms with E-state index in [-0.39, 0.29) is 5.91 Å². The maximum Gasteiger partial charge on any atom is 0.232 e. The third kappa shape index (κ3) is 3.10. The quantitative estimate of drug-likeness (QED) is 0.654. The van der Waals surface area contributed by atoms with Gasteiger partial charge < -0.3 is 15.4 Å². The zero-order valence-corrected chi connectivity index (χ0v) is 11.5. The number of methoxy groups -OCH3 is 1. The van der Waals surface area contributed by atoms with Crippen LogP contribution in [0.1, 0.15) is 12.8 Å². The Morgan fingerprint density at radius 1 is 1.56 bits per heavy atom. The van der Waals surface area contributed by atoms with Gasteiger partial charge in [0.2, 0.25) is 5.91 Å². The second-order valence-corrected chi connectivity index (χ2v) is 5.45. The molecule has 98 valence electrons. The number of nitrogen functional groups attached to an aromatic ring is 1. The van der Waals surface area contributed by atoms with Crippen LogP contribution in [-0.4, -0.2) is 36.8 Å². The van der Waals surface area contributed by atoms with Gasteiger partial charge in [0.1, 0.15) is 5.75 Å². The van der Waals surface area contributed by atoms with Crippen LogP contribution in [0.5, 0.6) is 5.75 Å². The highest BCUT2D eigenvalue weighted by atomic mass is 32.2. The molecule has 5 heteroatoms. The molecule has 1 amide bonds. The van der Waals surface area contributed by atoms with Crippen molar-refractivity contribution in [3.8, 4) is 5.75 Å². The van der Waals surface area contributed by atoms with Crippen LogP contribution in [0, 0.1) is 0 Å². The monoisotopic (exact) mass is 266 g/mol. The Hall–Kier alpha value is -1.36. The largest absolute Gasteiger partial charge is 0.496 e. The fraction of sp³-hybridized carbons (Fsp3) is 0.462. The smallest absolute Gasteiger partial charge is 0.232 e. The Kier molecular flexibility index (Phi) is 4.01. The molecule has 1 fully saturated rings. The Morgan fingerprint density at radius 3 is 2.89 bits per heavy atom. The van der Waals surface area contributed by atoms with Gasteiger partial charge in [-0.05, 0) is 25.0 Å². The SMILES string of the molecule is COc1cc(N)ccc1SCC(=O)N(C)C1CC1. The van der Waals surface area contributed by atoms with E-state index in [4.69, 9.17) is 10.5 Å². The number of hydrogen-bond acceptors (Lipinski definition) is 4. The minimum atomic E-state index is 0.168. The average Bonchev–Trinajstić information content (AvgIpc) is 3.20. The van der Waals surface area contributed by atoms with E-state index in [1.807, 2.05) is 24.1 Å². The Bertz CT molecular complexity index is 447. The molecule has 2 N–H and O–H groups in total. The van der Waals surface area contributed by atoms with Crippen molar-refractivity contribution < 1.29 is 9.53 Å². The highest BCUT2D eigenvalue weighted by molar-refractivity contribution is 8.00. The Labute approximate surface area is 111 Å². The molecule has 0 aliphatic heterocycles. The molecule has 0 bridgehead atoms. The van der Waals surface area contributed by atoms with Gasteiger partial charge in [-0.2, -0.15) is 0 Å². The number of carbonyl (C=O) groups is 1. The van der Waals surface area contributed by atoms with Crippen LogP contribution in [0.15, 0.2) is 23.1 Å². The summed E-state index contributed by atoms with van der Waals surface area (Å²) in [6.45, 7) is 0. The summed E-state index contributed by atoms with van der Waals surface area (Å²) >= 11 is 1.49. The molecule has 0 heterocycles. The summed E-state index contributed by atoms with van der Waals surface area (Å²) in [7, 11) is 3.48. The van der Waals surface area contributed by atoms with Crippen LogP contribution in [-0.2, 0) is 4.79 Å². The number of nitrogens with two attached hydrogens (primary N) is 1. The number of ether oxygens (including phenoxy) is 1. The van der Waals surface area contributed by atoms with Gasteiger partial charge in [-0.3, -0.25) is 4.79 Å². The maximum absolute atomic E-state index is 11.9. The van der Waals surface area contributed by atoms with Crippen LogP contribution in [0.4, 0.5) is 5.69 Å². The topological polar surface area (TPSA) is 55.6 Å². The Morgan fingerprint density at radius 2 is 2.28 bits per heavy atom. The lowest BCUT2D eigenvalue weighted by atomic mass is 10.3. The first-order chi connectivity index (χ1) is 8.61. The van der Waals surface area contributed by atoms with Gasteiger partial charge in [-0.15, -0.1) is 11.8 Å². The first-order valence-electron chi connectivity index (χ1n) is 5.94. The summed E-state index contributed by atoms with van der Waals surface area (Å²) in [6.07, 6.45) is 2.27. The summed E-state index contributed by atoms with van der Waals surface area (Å²) in [5.74, 6) is 1.33. The molecule has 4 nitrogen and oxygen atoms in total. The van der Waals surface area contributed by atoms with Crippen molar-refractivity contribution in [1.82, 2.24) is 4.90 Å². The highest BCUT2D eigenvalue weighted by Gasteiger charge is 2.29. The van der Waals surface area contributed by atoms with E-state index in [1.165, 1.54) is 11.8 Å². The van der Waals surface area contributed by atoms with Gasteiger partial charge in [0.25, 0.3) is 0 Å². The third-order valence-corrected chi connectivity index (χ3v) is 4.07. The zero-order chi connectivity index (χ0) is 13.1. The van der Waals surface area contributed by atoms with Crippen LogP contribution in [0.2, 0.25) is 0 Å². The van der Waals surface area contributed by atoms with Crippen LogP contribution >= 0.6 is 11.8 Å². The molecule has 0 atom stereocenters. The second-order valence-electron chi connectivity index (χ2n) is 4.43. The Balaban J connectivity index is 1.94. The van der Waals surface area contributed by atoms with Gasteiger partial charge in [0, 0.05) is 29.7 Å². The molecule has 0 unspecified atom stereocenters. The van der Waals surface area contributed by atoms with Gasteiger partial charge in [-0.25, -0.2) is 0 Å². The molecule has 1 aliphatic rings. The van der Waals surface area contributed by atoms with Crippen molar-refractivity contribution in [3.63, 3.8) is 0 Å². The predicted molar refractivity (Wildman–Crippen MR) is 73.9 cm³/mol. The molecule has 18 heavy (non-hydrogen) atoms. The first-order valence-corrected chi connectivity index (χ1v) is 6.92. The average molecular weight is 266 g/mol. The molecule has 0 radical (unpaired) electrons. The maximum atomic E-state index is 11.9. The molecule has 0 saturated heterocycles. The standard InChI is InChI=1S/C13H18N2O2S/c1-15(10-4-5-10)13(16)8-18-12-6-3-9(14)7-11(12)17-2/h3,6-7,10H,4-5,8,14H2,1-2H3. The highest BCUT2D eigenvalue weighted by Crippen LogP contribution is 2.32. The summed E-state index contributed by atoms with van der Waals surface area (Å²) < 4.78 is 5.25. The molecule has 1 aromatic carbocycles. The van der Waals surface area contributed by atoms with E-state index in [2.05, 4.69) is 0 Å². The minimum Gasteiger partial charge on any atom is -0.496 e. The van der Waals surface area contributed by atoms with Gasteiger partial charge in [0.05, 0.1) is 12.9 Å². The summed E-state index contributed by atoms with van der Waals surface area (Å²) in [6, 6.07) is 5.95. The molecule has 0 aromatic heterocycles. The van der Waals surface area contributed by atoms with Gasteiger partial charge in [0.15, 0.2) is 0 Å². The lowest BCUT2D eigenvalue weighted by Gasteiger charge is -2.16. The van der Waals surface area contributed by atoms with E-state index in [1.54, 1.807) is 13.2 Å². The second kappa shape index (κ2) is 5.52. The molecule has 2 rings (SSSR count). The summed E-state index contributed by atoms with van der Waals surface area (Å²) in [5, 5.41) is 0. The van der Waals surface area contributed by atoms with Crippen LogP contribution in [0.3, 0.4) is 0 Å². The predicted octanol–water partition coefficient (Wildman–Crippen LogP) is 1.99. The molecule has 1 saturated carbocycles. The number of thioether (sulfide) groups is 1. The number of amides is 1. The van der Waals surface area contributed by atoms with Crippen molar-refractivity contribution in [2.75, 3.05) is 25.6 Å². The lowest BCUT2D eigenvalue weighted by Crippen LogP contribution is -2.30. The third-order valence-electron chi connectivity index (χ3n) is 3.03. The van der Waals surface area contributed by atoms with E-state index < -0.39 is 0 Å². The lowest BCUT2D eigenvalue weighted by molar-refractivity contribution is -0.127. The molecule has 1 aromatic rings. The van der Waals surface area contributed by atoms with Gasteiger partial charge in [-0.1, -0.05) is 0 Å². The summed E-state index contributed by atoms with van der Waals surface area (Å²) in [4.78, 5) is 14.7. The number of anilines is 1. The van der Waals surface area contributed by atoms with Crippen molar-refractivity contribution in [2.45, 2.75) is 23.8 Å². The number of nitrogens with zero attached hydrogens (tertiary/aromatic N) is 1. The van der Waals surface area contributed by atoms with Crippen molar-refractivity contribution >= 4 is 23.4 Å². The molecular weight excluding hydrogens is 248 g/mol. The minimum absolute atomic E-state index is 0.168. The summed E-state index contributed by atoms with van der Waals surface area (Å²) in [5.41, 5.74) is 6.36. The van der Waals surface area contributed by atoms with Crippen molar-refractivity contribution in [3.05, 3.63) is 18.2 Å². The number of benzene rings is 1. The number of rotatable bonds is 5. The van der Waals surface area contributed by atoms with E-state index in [0.717, 1.165) is 23.5 Å². The number of carbonyl (C=O) groups excluding carboxylic acids is 1. The molecule has 1 aliphatic carbocycles. The van der Waals surface area contributed by atoms with Crippen LogP contribution in [0.25, 0.3) is 0 Å². The normalized spacial score (nSPS) is 14.3. The van der Waals surface area contributed by atoms with E-state index >= 15 is 0 Å². The molecule has 0 spiro atoms. The fourth-order valence-electron chi connectivity index (χ4n) is 1.71. The molecular formula is C13H18N2O2S. The zero-order valence-electron chi connectivity index (χ0n) is 10.7. The van der Waals surface area contributed by atoms with Gasteiger partial charge >= 0.3 is 0 Å². The van der Waals surface area contributed by atoms with Crippen molar-refractivity contribution in [2.24, 2.45) is 0 Å². The van der Waals surface area contributed by atoms with E-state index in [9.17, 15) is 4.79 Å². The fourth-order valence-corrected chi connectivity index (χ4v) is 2.64. The number of hydrogen-bond donors (Lipinski definition) is 1.